The SMILES string of the molecule is CC(NC(=O)C1CC(=O)N(C(C)C)C1)c1nn[nH]n1. The summed E-state index contributed by atoms with van der Waals surface area (Å²) >= 11 is 0. The van der Waals surface area contributed by atoms with Crippen molar-refractivity contribution in [3.63, 3.8) is 0 Å². The monoisotopic (exact) mass is 266 g/mol. The van der Waals surface area contributed by atoms with Crippen molar-refractivity contribution < 1.29 is 9.59 Å². The van der Waals surface area contributed by atoms with E-state index < -0.39 is 0 Å². The lowest BCUT2D eigenvalue weighted by atomic mass is 10.1. The van der Waals surface area contributed by atoms with Gasteiger partial charge in [-0.15, -0.1) is 10.2 Å². The molecule has 1 aromatic heterocycles. The van der Waals surface area contributed by atoms with E-state index in [1.54, 1.807) is 11.8 Å². The number of hydrogen-bond acceptors (Lipinski definition) is 5. The van der Waals surface area contributed by atoms with Crippen molar-refractivity contribution >= 4 is 11.8 Å². The molecule has 2 unspecified atom stereocenters. The Kier molecular flexibility index (Phi) is 3.77. The van der Waals surface area contributed by atoms with Crippen molar-refractivity contribution in [1.82, 2.24) is 30.8 Å². The zero-order chi connectivity index (χ0) is 14.0. The topological polar surface area (TPSA) is 104 Å². The van der Waals surface area contributed by atoms with Gasteiger partial charge in [-0.25, -0.2) is 0 Å². The molecular formula is C11H18N6O2. The van der Waals surface area contributed by atoms with Crippen molar-refractivity contribution in [3.05, 3.63) is 5.82 Å². The molecule has 2 atom stereocenters. The number of amides is 2. The van der Waals surface area contributed by atoms with Crippen LogP contribution >= 0.6 is 0 Å². The summed E-state index contributed by atoms with van der Waals surface area (Å²) in [5.74, 6) is 0.0128. The van der Waals surface area contributed by atoms with Gasteiger partial charge in [0.1, 0.15) is 0 Å². The van der Waals surface area contributed by atoms with Gasteiger partial charge in [0, 0.05) is 19.0 Å². The molecule has 2 heterocycles. The highest BCUT2D eigenvalue weighted by molar-refractivity contribution is 5.89. The van der Waals surface area contributed by atoms with Crippen LogP contribution in [0.4, 0.5) is 0 Å². The highest BCUT2D eigenvalue weighted by Crippen LogP contribution is 2.21. The quantitative estimate of drug-likeness (QED) is 0.774. The number of hydrogen-bond donors (Lipinski definition) is 2. The van der Waals surface area contributed by atoms with Crippen LogP contribution in [0.5, 0.6) is 0 Å². The van der Waals surface area contributed by atoms with E-state index in [1.165, 1.54) is 0 Å². The number of aromatic nitrogens is 4. The fourth-order valence-corrected chi connectivity index (χ4v) is 2.16. The van der Waals surface area contributed by atoms with Gasteiger partial charge in [-0.2, -0.15) is 5.21 Å². The van der Waals surface area contributed by atoms with Crippen molar-refractivity contribution in [2.75, 3.05) is 6.54 Å². The third kappa shape index (κ3) is 2.88. The van der Waals surface area contributed by atoms with E-state index in [9.17, 15) is 9.59 Å². The van der Waals surface area contributed by atoms with E-state index in [0.717, 1.165) is 0 Å². The molecule has 2 N–H and O–H groups in total. The van der Waals surface area contributed by atoms with Gasteiger partial charge in [-0.3, -0.25) is 9.59 Å². The summed E-state index contributed by atoms with van der Waals surface area (Å²) in [7, 11) is 0. The van der Waals surface area contributed by atoms with E-state index in [2.05, 4.69) is 25.9 Å². The number of tetrazole rings is 1. The first-order chi connectivity index (χ1) is 8.99. The number of carbonyl (C=O) groups is 2. The minimum atomic E-state index is -0.325. The fourth-order valence-electron chi connectivity index (χ4n) is 2.16. The van der Waals surface area contributed by atoms with Gasteiger partial charge in [-0.05, 0) is 20.8 Å². The van der Waals surface area contributed by atoms with Crippen LogP contribution in [0.15, 0.2) is 0 Å². The fraction of sp³-hybridized carbons (Fsp3) is 0.727. The lowest BCUT2D eigenvalue weighted by molar-refractivity contribution is -0.130. The molecule has 1 aromatic rings. The molecule has 0 aromatic carbocycles. The van der Waals surface area contributed by atoms with E-state index in [1.807, 2.05) is 13.8 Å². The lowest BCUT2D eigenvalue weighted by Crippen LogP contribution is -2.36. The first kappa shape index (κ1) is 13.4. The summed E-state index contributed by atoms with van der Waals surface area (Å²) in [5.41, 5.74) is 0. The second-order valence-corrected chi connectivity index (χ2v) is 5.04. The maximum Gasteiger partial charge on any atom is 0.226 e. The van der Waals surface area contributed by atoms with Crippen LogP contribution in [0.1, 0.15) is 39.1 Å². The first-order valence-corrected chi connectivity index (χ1v) is 6.32. The minimum absolute atomic E-state index is 0.0300. The van der Waals surface area contributed by atoms with Gasteiger partial charge >= 0.3 is 0 Å². The Labute approximate surface area is 110 Å². The number of nitrogens with one attached hydrogen (secondary N) is 2. The molecule has 1 aliphatic heterocycles. The summed E-state index contributed by atoms with van der Waals surface area (Å²) in [6, 6.07) is -0.200. The van der Waals surface area contributed by atoms with Crippen LogP contribution in [0.25, 0.3) is 0 Å². The molecular weight excluding hydrogens is 248 g/mol. The van der Waals surface area contributed by atoms with Crippen LogP contribution in [0, 0.1) is 5.92 Å². The molecule has 2 rings (SSSR count). The maximum atomic E-state index is 12.1. The molecule has 0 spiro atoms. The van der Waals surface area contributed by atoms with Gasteiger partial charge in [0.15, 0.2) is 5.82 Å². The molecule has 19 heavy (non-hydrogen) atoms. The van der Waals surface area contributed by atoms with Gasteiger partial charge in [0.2, 0.25) is 11.8 Å². The second kappa shape index (κ2) is 5.33. The largest absolute Gasteiger partial charge is 0.346 e. The molecule has 1 aliphatic rings. The van der Waals surface area contributed by atoms with Crippen LogP contribution in [-0.2, 0) is 9.59 Å². The minimum Gasteiger partial charge on any atom is -0.346 e. The van der Waals surface area contributed by atoms with E-state index >= 15 is 0 Å². The molecule has 1 fully saturated rings. The third-order valence-electron chi connectivity index (χ3n) is 3.26. The van der Waals surface area contributed by atoms with E-state index in [0.29, 0.717) is 12.4 Å². The predicted molar refractivity (Wildman–Crippen MR) is 65.7 cm³/mol. The molecule has 8 nitrogen and oxygen atoms in total. The van der Waals surface area contributed by atoms with Gasteiger partial charge in [0.05, 0.1) is 12.0 Å². The maximum absolute atomic E-state index is 12.1. The smallest absolute Gasteiger partial charge is 0.226 e. The van der Waals surface area contributed by atoms with E-state index in [4.69, 9.17) is 0 Å². The summed E-state index contributed by atoms with van der Waals surface area (Å²) in [6.07, 6.45) is 0.267. The number of carbonyl (C=O) groups excluding carboxylic acids is 2. The molecule has 104 valence electrons. The van der Waals surface area contributed by atoms with Gasteiger partial charge in [-0.1, -0.05) is 5.21 Å². The van der Waals surface area contributed by atoms with Crippen molar-refractivity contribution in [2.24, 2.45) is 5.92 Å². The Bertz CT molecular complexity index is 458. The summed E-state index contributed by atoms with van der Waals surface area (Å²) in [5, 5.41) is 16.2. The van der Waals surface area contributed by atoms with Crippen molar-refractivity contribution in [1.29, 1.82) is 0 Å². The number of aromatic amines is 1. The molecule has 0 saturated carbocycles. The summed E-state index contributed by atoms with van der Waals surface area (Å²) < 4.78 is 0. The average Bonchev–Trinajstić information content (AvgIpc) is 2.96. The average molecular weight is 266 g/mol. The summed E-state index contributed by atoms with van der Waals surface area (Å²) in [4.78, 5) is 25.6. The van der Waals surface area contributed by atoms with Crippen LogP contribution in [-0.4, -0.2) is 49.9 Å². The van der Waals surface area contributed by atoms with Crippen LogP contribution in [0.3, 0.4) is 0 Å². The zero-order valence-corrected chi connectivity index (χ0v) is 11.3. The Balaban J connectivity index is 1.93. The Hall–Kier alpha value is -1.99. The van der Waals surface area contributed by atoms with Gasteiger partial charge in [0.25, 0.3) is 0 Å². The predicted octanol–water partition coefficient (Wildman–Crippen LogP) is -0.366. The third-order valence-corrected chi connectivity index (χ3v) is 3.26. The highest BCUT2D eigenvalue weighted by atomic mass is 16.2. The normalized spacial score (nSPS) is 20.9. The number of nitrogens with zero attached hydrogens (tertiary/aromatic N) is 4. The first-order valence-electron chi connectivity index (χ1n) is 6.32. The van der Waals surface area contributed by atoms with Crippen molar-refractivity contribution in [3.8, 4) is 0 Å². The molecule has 0 bridgehead atoms. The standard InChI is InChI=1S/C11H18N6O2/c1-6(2)17-5-8(4-9(17)18)11(19)12-7(3)10-13-15-16-14-10/h6-8H,4-5H2,1-3H3,(H,12,19)(H,13,14,15,16). The molecule has 0 aliphatic carbocycles. The highest BCUT2D eigenvalue weighted by Gasteiger charge is 2.36. The van der Waals surface area contributed by atoms with Crippen LogP contribution < -0.4 is 5.32 Å². The van der Waals surface area contributed by atoms with Crippen LogP contribution in [0.2, 0.25) is 0 Å². The summed E-state index contributed by atoms with van der Waals surface area (Å²) in [6.45, 7) is 6.14. The Morgan fingerprint density at radius 2 is 2.21 bits per heavy atom. The molecule has 8 heteroatoms. The number of likely N-dealkylation sites (tertiary alicyclic amines) is 1. The van der Waals surface area contributed by atoms with E-state index in [-0.39, 0.29) is 36.2 Å². The molecule has 0 radical (unpaired) electrons. The van der Waals surface area contributed by atoms with Gasteiger partial charge < -0.3 is 10.2 Å². The molecule has 2 amide bonds. The number of rotatable bonds is 4. The zero-order valence-electron chi connectivity index (χ0n) is 11.3. The lowest BCUT2D eigenvalue weighted by Gasteiger charge is -2.21. The Morgan fingerprint density at radius 1 is 1.47 bits per heavy atom. The second-order valence-electron chi connectivity index (χ2n) is 5.04. The Morgan fingerprint density at radius 3 is 2.74 bits per heavy atom. The molecule has 1 saturated heterocycles. The number of H-pyrrole nitrogens is 1. The van der Waals surface area contributed by atoms with Crippen molar-refractivity contribution in [2.45, 2.75) is 39.3 Å².